The number of halogens is 2. The van der Waals surface area contributed by atoms with E-state index in [4.69, 9.17) is 4.74 Å². The zero-order valence-corrected chi connectivity index (χ0v) is 20.3. The molecule has 0 saturated carbocycles. The van der Waals surface area contributed by atoms with Crippen molar-refractivity contribution in [2.75, 3.05) is 6.54 Å². The van der Waals surface area contributed by atoms with Gasteiger partial charge >= 0.3 is 5.97 Å². The molecule has 3 aromatic carbocycles. The lowest BCUT2D eigenvalue weighted by Crippen LogP contribution is -2.35. The molecule has 0 unspecified atom stereocenters. The van der Waals surface area contributed by atoms with Crippen LogP contribution in [0.1, 0.15) is 26.3 Å². The molecule has 0 radical (unpaired) electrons. The Labute approximate surface area is 206 Å². The van der Waals surface area contributed by atoms with E-state index in [-0.39, 0.29) is 12.5 Å². The second-order valence-electron chi connectivity index (χ2n) is 6.42. The van der Waals surface area contributed by atoms with Crippen LogP contribution < -0.4 is 15.5 Å². The maximum absolute atomic E-state index is 12.2. The molecule has 3 aromatic rings. The summed E-state index contributed by atoms with van der Waals surface area (Å²) in [6.07, 6.45) is 1.44. The Kier molecular flexibility index (Phi) is 8.51. The molecule has 9 heteroatoms. The highest BCUT2D eigenvalue weighted by Gasteiger charge is 2.10. The minimum Gasteiger partial charge on any atom is -0.423 e. The fourth-order valence-electron chi connectivity index (χ4n) is 2.52. The molecule has 0 aromatic heterocycles. The second kappa shape index (κ2) is 11.5. The first-order chi connectivity index (χ1) is 15.4. The van der Waals surface area contributed by atoms with Crippen molar-refractivity contribution in [3.05, 3.63) is 97.5 Å². The highest BCUT2D eigenvalue weighted by Crippen LogP contribution is 2.16. The van der Waals surface area contributed by atoms with Gasteiger partial charge < -0.3 is 10.1 Å². The zero-order valence-electron chi connectivity index (χ0n) is 16.5. The third-order valence-corrected chi connectivity index (χ3v) is 5.52. The molecule has 3 rings (SSSR count). The predicted octanol–water partition coefficient (Wildman–Crippen LogP) is 4.15. The number of nitrogens with zero attached hydrogens (tertiary/aromatic N) is 1. The van der Waals surface area contributed by atoms with Crippen molar-refractivity contribution in [1.82, 2.24) is 10.7 Å². The smallest absolute Gasteiger partial charge is 0.343 e. The van der Waals surface area contributed by atoms with Crippen LogP contribution in [-0.2, 0) is 4.79 Å². The van der Waals surface area contributed by atoms with Gasteiger partial charge in [0.1, 0.15) is 5.75 Å². The molecule has 0 spiro atoms. The van der Waals surface area contributed by atoms with Gasteiger partial charge in [0.15, 0.2) is 0 Å². The van der Waals surface area contributed by atoms with Gasteiger partial charge in [0.05, 0.1) is 23.9 Å². The van der Waals surface area contributed by atoms with Gasteiger partial charge in [-0.3, -0.25) is 9.59 Å². The first kappa shape index (κ1) is 23.6. The average molecular weight is 606 g/mol. The van der Waals surface area contributed by atoms with Crippen LogP contribution in [0.5, 0.6) is 5.75 Å². The lowest BCUT2D eigenvalue weighted by Gasteiger charge is -2.06. The molecule has 0 bridgehead atoms. The van der Waals surface area contributed by atoms with Crippen LogP contribution in [0.25, 0.3) is 0 Å². The summed E-state index contributed by atoms with van der Waals surface area (Å²) in [5.41, 5.74) is 3.98. The molecule has 0 aliphatic carbocycles. The van der Waals surface area contributed by atoms with Crippen LogP contribution in [0, 0.1) is 3.57 Å². The van der Waals surface area contributed by atoms with Crippen LogP contribution >= 0.6 is 38.5 Å². The molecule has 0 atom stereocenters. The molecule has 0 fully saturated rings. The lowest BCUT2D eigenvalue weighted by atomic mass is 10.2. The summed E-state index contributed by atoms with van der Waals surface area (Å²) in [4.78, 5) is 36.2. The van der Waals surface area contributed by atoms with Crippen molar-refractivity contribution in [3.63, 3.8) is 0 Å². The van der Waals surface area contributed by atoms with Crippen LogP contribution in [0.2, 0.25) is 0 Å². The number of hydrogen-bond donors (Lipinski definition) is 2. The van der Waals surface area contributed by atoms with Crippen molar-refractivity contribution in [2.24, 2.45) is 5.10 Å². The van der Waals surface area contributed by atoms with Crippen LogP contribution in [-0.4, -0.2) is 30.5 Å². The molecule has 162 valence electrons. The van der Waals surface area contributed by atoms with E-state index in [0.717, 1.165) is 8.04 Å². The van der Waals surface area contributed by atoms with E-state index >= 15 is 0 Å². The number of nitrogens with one attached hydrogen (secondary N) is 2. The van der Waals surface area contributed by atoms with E-state index in [2.05, 4.69) is 54.4 Å². The predicted molar refractivity (Wildman–Crippen MR) is 133 cm³/mol. The monoisotopic (exact) mass is 605 g/mol. The van der Waals surface area contributed by atoms with Gasteiger partial charge in [0.25, 0.3) is 11.8 Å². The van der Waals surface area contributed by atoms with Gasteiger partial charge in [-0.2, -0.15) is 5.10 Å². The van der Waals surface area contributed by atoms with Crippen molar-refractivity contribution in [3.8, 4) is 5.75 Å². The number of carbonyl (C=O) groups is 3. The minimum atomic E-state index is -0.466. The minimum absolute atomic E-state index is 0.203. The molecule has 32 heavy (non-hydrogen) atoms. The fourth-order valence-corrected chi connectivity index (χ4v) is 3.55. The van der Waals surface area contributed by atoms with E-state index in [1.807, 2.05) is 18.2 Å². The van der Waals surface area contributed by atoms with Crippen LogP contribution in [0.4, 0.5) is 0 Å². The Morgan fingerprint density at radius 1 is 1.00 bits per heavy atom. The lowest BCUT2D eigenvalue weighted by molar-refractivity contribution is -0.120. The standard InChI is InChI=1S/C23H17BrIN3O4/c24-17-5-3-4-16(12-17)23(31)32-18-10-8-15(9-11-18)13-27-28-21(29)14-26-22(30)19-6-1-2-7-20(19)25/h1-13H,14H2,(H,26,30)(H,28,29)/b27-13+. The van der Waals surface area contributed by atoms with Crippen LogP contribution in [0.3, 0.4) is 0 Å². The van der Waals surface area contributed by atoms with Crippen LogP contribution in [0.15, 0.2) is 82.4 Å². The topological polar surface area (TPSA) is 96.9 Å². The molecule has 0 aliphatic heterocycles. The van der Waals surface area contributed by atoms with E-state index in [1.165, 1.54) is 6.21 Å². The van der Waals surface area contributed by atoms with Crippen molar-refractivity contribution in [1.29, 1.82) is 0 Å². The Balaban J connectivity index is 1.46. The Morgan fingerprint density at radius 2 is 1.75 bits per heavy atom. The highest BCUT2D eigenvalue weighted by atomic mass is 127. The second-order valence-corrected chi connectivity index (χ2v) is 8.50. The average Bonchev–Trinajstić information content (AvgIpc) is 2.79. The first-order valence-corrected chi connectivity index (χ1v) is 11.2. The summed E-state index contributed by atoms with van der Waals surface area (Å²) in [6.45, 7) is -0.203. The van der Waals surface area contributed by atoms with Gasteiger partial charge in [-0.15, -0.1) is 0 Å². The van der Waals surface area contributed by atoms with E-state index in [0.29, 0.717) is 22.4 Å². The maximum Gasteiger partial charge on any atom is 0.343 e. The molecule has 0 aliphatic rings. The summed E-state index contributed by atoms with van der Waals surface area (Å²) in [5, 5.41) is 6.42. The maximum atomic E-state index is 12.2. The SMILES string of the molecule is O=C(CNC(=O)c1ccccc1I)N/N=C/c1ccc(OC(=O)c2cccc(Br)c2)cc1. The zero-order chi connectivity index (χ0) is 22.9. The largest absolute Gasteiger partial charge is 0.423 e. The molecular weight excluding hydrogens is 589 g/mol. The van der Waals surface area contributed by atoms with E-state index < -0.39 is 11.9 Å². The number of rotatable bonds is 7. The van der Waals surface area contributed by atoms with Gasteiger partial charge in [-0.25, -0.2) is 10.2 Å². The van der Waals surface area contributed by atoms with Gasteiger partial charge in [-0.1, -0.05) is 34.1 Å². The number of hydrazone groups is 1. The third-order valence-electron chi connectivity index (χ3n) is 4.08. The van der Waals surface area contributed by atoms with Crippen molar-refractivity contribution >= 4 is 62.5 Å². The van der Waals surface area contributed by atoms with Gasteiger partial charge in [-0.05, 0) is 82.8 Å². The Hall–Kier alpha value is -3.05. The summed E-state index contributed by atoms with van der Waals surface area (Å²) in [6, 6.07) is 20.6. The summed E-state index contributed by atoms with van der Waals surface area (Å²) >= 11 is 5.38. The summed E-state index contributed by atoms with van der Waals surface area (Å²) < 4.78 is 6.92. The highest BCUT2D eigenvalue weighted by molar-refractivity contribution is 14.1. The number of benzene rings is 3. The molecule has 0 heterocycles. The van der Waals surface area contributed by atoms with Gasteiger partial charge in [0, 0.05) is 8.04 Å². The number of ether oxygens (including phenoxy) is 1. The summed E-state index contributed by atoms with van der Waals surface area (Å²) in [5.74, 6) is -0.871. The molecule has 2 N–H and O–H groups in total. The number of amides is 2. The fraction of sp³-hybridized carbons (Fsp3) is 0.0435. The van der Waals surface area contributed by atoms with E-state index in [1.54, 1.807) is 54.6 Å². The number of esters is 1. The molecule has 2 amide bonds. The molecule has 7 nitrogen and oxygen atoms in total. The Bertz CT molecular complexity index is 1170. The number of hydrogen-bond acceptors (Lipinski definition) is 5. The summed E-state index contributed by atoms with van der Waals surface area (Å²) in [7, 11) is 0. The van der Waals surface area contributed by atoms with E-state index in [9.17, 15) is 14.4 Å². The Morgan fingerprint density at radius 3 is 2.47 bits per heavy atom. The van der Waals surface area contributed by atoms with Crippen molar-refractivity contribution < 1.29 is 19.1 Å². The number of carbonyl (C=O) groups excluding carboxylic acids is 3. The molecular formula is C23H17BrIN3O4. The van der Waals surface area contributed by atoms with Crippen molar-refractivity contribution in [2.45, 2.75) is 0 Å². The third kappa shape index (κ3) is 6.99. The first-order valence-electron chi connectivity index (χ1n) is 9.35. The quantitative estimate of drug-likeness (QED) is 0.139. The molecule has 0 saturated heterocycles. The normalized spacial score (nSPS) is 10.6. The van der Waals surface area contributed by atoms with Gasteiger partial charge in [0.2, 0.25) is 0 Å².